The zero-order valence-electron chi connectivity index (χ0n) is 15.7. The van der Waals surface area contributed by atoms with Crippen molar-refractivity contribution in [3.8, 4) is 11.5 Å². The third-order valence-electron chi connectivity index (χ3n) is 4.57. The number of rotatable bonds is 0. The molecule has 1 aliphatic rings. The van der Waals surface area contributed by atoms with Crippen molar-refractivity contribution >= 4 is 23.4 Å². The molecule has 1 heterocycles. The molecule has 0 unspecified atom stereocenters. The Kier molecular flexibility index (Phi) is 7.25. The first-order valence-electron chi connectivity index (χ1n) is 8.82. The third-order valence-corrected chi connectivity index (χ3v) is 4.97. The van der Waals surface area contributed by atoms with Crippen LogP contribution in [0.1, 0.15) is 48.7 Å². The van der Waals surface area contributed by atoms with Crippen molar-refractivity contribution in [1.82, 2.24) is 0 Å². The summed E-state index contributed by atoms with van der Waals surface area (Å²) in [4.78, 5) is 24.7. The minimum Gasteiger partial charge on any atom is -0.507 e. The van der Waals surface area contributed by atoms with Crippen LogP contribution in [-0.4, -0.2) is 66.8 Å². The summed E-state index contributed by atoms with van der Waals surface area (Å²) in [6.07, 6.45) is -7.63. The molecule has 0 fully saturated rings. The highest BCUT2D eigenvalue weighted by Gasteiger charge is 2.35. The Hall–Kier alpha value is -2.17. The van der Waals surface area contributed by atoms with Gasteiger partial charge in [0.2, 0.25) is 0 Å². The smallest absolute Gasteiger partial charge is 0.342 e. The molecule has 10 heteroatoms. The fourth-order valence-corrected chi connectivity index (χ4v) is 3.41. The minimum atomic E-state index is -1.96. The summed E-state index contributed by atoms with van der Waals surface area (Å²) < 4.78 is 5.24. The Bertz CT molecular complexity index is 835. The number of carbonyl (C=O) groups is 2. The lowest BCUT2D eigenvalue weighted by atomic mass is 9.92. The molecule has 160 valence electrons. The monoisotopic (exact) mass is 430 g/mol. The number of halogens is 1. The summed E-state index contributed by atoms with van der Waals surface area (Å²) in [6, 6.07) is 0.789. The van der Waals surface area contributed by atoms with Gasteiger partial charge in [-0.1, -0.05) is 17.2 Å². The average molecular weight is 431 g/mol. The van der Waals surface area contributed by atoms with Crippen LogP contribution in [0.3, 0.4) is 0 Å². The first kappa shape index (κ1) is 23.1. The summed E-state index contributed by atoms with van der Waals surface area (Å²) in [5, 5.41) is 60.4. The molecular weight excluding hydrogens is 408 g/mol. The van der Waals surface area contributed by atoms with E-state index in [4.69, 9.17) is 16.3 Å². The molecular formula is C19H23ClO9. The molecule has 0 radical (unpaired) electrons. The molecule has 9 nitrogen and oxygen atoms in total. The van der Waals surface area contributed by atoms with Crippen LogP contribution in [0.4, 0.5) is 0 Å². The van der Waals surface area contributed by atoms with E-state index in [2.05, 4.69) is 0 Å². The summed E-state index contributed by atoms with van der Waals surface area (Å²) in [6.45, 7) is 3.08. The van der Waals surface area contributed by atoms with Crippen molar-refractivity contribution in [2.24, 2.45) is 0 Å². The maximum Gasteiger partial charge on any atom is 0.342 e. The minimum absolute atomic E-state index is 0.105. The van der Waals surface area contributed by atoms with E-state index >= 15 is 0 Å². The molecule has 0 saturated carbocycles. The Labute approximate surface area is 171 Å². The Balaban J connectivity index is 2.61. The van der Waals surface area contributed by atoms with Gasteiger partial charge in [-0.2, -0.15) is 0 Å². The molecule has 1 aromatic carbocycles. The van der Waals surface area contributed by atoms with Crippen molar-refractivity contribution in [2.45, 2.75) is 57.2 Å². The van der Waals surface area contributed by atoms with E-state index in [0.717, 1.165) is 12.1 Å². The number of aromatic hydroxyl groups is 2. The molecule has 29 heavy (non-hydrogen) atoms. The van der Waals surface area contributed by atoms with Crippen LogP contribution in [0.5, 0.6) is 11.5 Å². The number of aliphatic hydroxyl groups excluding tert-OH is 4. The van der Waals surface area contributed by atoms with Gasteiger partial charge >= 0.3 is 5.97 Å². The highest BCUT2D eigenvalue weighted by atomic mass is 35.5. The summed E-state index contributed by atoms with van der Waals surface area (Å²) in [5.74, 6) is -3.29. The quantitative estimate of drug-likeness (QED) is 0.325. The molecule has 5 atom stereocenters. The van der Waals surface area contributed by atoms with E-state index in [0.29, 0.717) is 5.57 Å². The molecule has 0 bridgehead atoms. The van der Waals surface area contributed by atoms with Gasteiger partial charge in [-0.25, -0.2) is 4.79 Å². The van der Waals surface area contributed by atoms with Crippen molar-refractivity contribution in [2.75, 3.05) is 0 Å². The molecule has 2 rings (SSSR count). The lowest BCUT2D eigenvalue weighted by Gasteiger charge is -2.26. The molecule has 0 amide bonds. The normalized spacial score (nSPS) is 31.3. The number of phenols is 2. The van der Waals surface area contributed by atoms with Gasteiger partial charge in [0.1, 0.15) is 35.4 Å². The Morgan fingerprint density at radius 1 is 1.03 bits per heavy atom. The molecule has 6 N–H and O–H groups in total. The van der Waals surface area contributed by atoms with Crippen LogP contribution in [0.15, 0.2) is 17.7 Å². The number of cyclic esters (lactones) is 1. The molecule has 1 aliphatic heterocycles. The predicted octanol–water partition coefficient (Wildman–Crippen LogP) is 0.722. The fourth-order valence-electron chi connectivity index (χ4n) is 3.15. The molecule has 1 aromatic rings. The maximum absolute atomic E-state index is 12.6. The first-order chi connectivity index (χ1) is 13.4. The average Bonchev–Trinajstić information content (AvgIpc) is 2.61. The van der Waals surface area contributed by atoms with Gasteiger partial charge in [0, 0.05) is 24.5 Å². The van der Waals surface area contributed by atoms with Gasteiger partial charge in [-0.15, -0.1) is 0 Å². The van der Waals surface area contributed by atoms with Crippen LogP contribution in [0.25, 0.3) is 0 Å². The van der Waals surface area contributed by atoms with Gasteiger partial charge < -0.3 is 35.4 Å². The number of hydrogen-bond donors (Lipinski definition) is 6. The first-order valence-corrected chi connectivity index (χ1v) is 9.20. The summed E-state index contributed by atoms with van der Waals surface area (Å²) in [7, 11) is 0. The summed E-state index contributed by atoms with van der Waals surface area (Å²) in [5.41, 5.74) is -0.616. The standard InChI is InChI=1S/C19H23ClO9/c1-7-3-8(2)29-19(28)14-9(21)5-10(22)16(20)15(14)18(27)13(25)6-12(24)17(26)11(23)4-7/h4-5,8,12-13,17-18,21-22,24-27H,3,6H2,1-2H3/b7-4-/t8-,12-,13+,17+,18-/m0/s1. The van der Waals surface area contributed by atoms with E-state index in [-0.39, 0.29) is 6.42 Å². The van der Waals surface area contributed by atoms with Crippen LogP contribution in [-0.2, 0) is 9.53 Å². The number of esters is 1. The SMILES string of the molecule is C/C1=C/C(=O)[C@@H](O)[C@@H](O)C[C@@H](O)[C@H](O)c2c(Cl)c(O)cc(O)c2C(=O)O[C@@H](C)C1. The van der Waals surface area contributed by atoms with Crippen molar-refractivity contribution in [3.63, 3.8) is 0 Å². The van der Waals surface area contributed by atoms with Crippen LogP contribution >= 0.6 is 11.6 Å². The zero-order valence-corrected chi connectivity index (χ0v) is 16.5. The molecule has 0 aromatic heterocycles. The Morgan fingerprint density at radius 2 is 1.62 bits per heavy atom. The number of ether oxygens (including phenoxy) is 1. The second-order valence-corrected chi connectivity index (χ2v) is 7.47. The topological polar surface area (TPSA) is 165 Å². The highest BCUT2D eigenvalue weighted by molar-refractivity contribution is 6.33. The lowest BCUT2D eigenvalue weighted by molar-refractivity contribution is -0.130. The molecule has 0 aliphatic carbocycles. The van der Waals surface area contributed by atoms with Gasteiger partial charge in [0.25, 0.3) is 0 Å². The van der Waals surface area contributed by atoms with Gasteiger partial charge in [0.05, 0.1) is 17.2 Å². The fraction of sp³-hybridized carbons (Fsp3) is 0.474. The van der Waals surface area contributed by atoms with Crippen molar-refractivity contribution < 1.29 is 45.0 Å². The number of carbonyl (C=O) groups excluding carboxylic acids is 2. The third kappa shape index (κ3) is 5.06. The Morgan fingerprint density at radius 3 is 2.24 bits per heavy atom. The van der Waals surface area contributed by atoms with Gasteiger partial charge in [-0.3, -0.25) is 4.79 Å². The lowest BCUT2D eigenvalue weighted by Crippen LogP contribution is -2.37. The van der Waals surface area contributed by atoms with Gasteiger partial charge in [-0.05, 0) is 19.9 Å². The number of fused-ring (bicyclic) bond motifs is 1. The summed E-state index contributed by atoms with van der Waals surface area (Å²) >= 11 is 5.99. The molecule has 0 saturated heterocycles. The van der Waals surface area contributed by atoms with Crippen molar-refractivity contribution in [1.29, 1.82) is 0 Å². The second kappa shape index (κ2) is 9.10. The number of aliphatic hydroxyl groups is 4. The highest BCUT2D eigenvalue weighted by Crippen LogP contribution is 2.41. The van der Waals surface area contributed by atoms with E-state index in [9.17, 15) is 40.2 Å². The molecule has 0 spiro atoms. The van der Waals surface area contributed by atoms with E-state index in [1.807, 2.05) is 0 Å². The van der Waals surface area contributed by atoms with E-state index < -0.39 is 76.3 Å². The number of hydrogen-bond acceptors (Lipinski definition) is 9. The number of ketones is 1. The van der Waals surface area contributed by atoms with E-state index in [1.54, 1.807) is 6.92 Å². The maximum atomic E-state index is 12.6. The van der Waals surface area contributed by atoms with E-state index in [1.165, 1.54) is 6.92 Å². The van der Waals surface area contributed by atoms with Gasteiger partial charge in [0.15, 0.2) is 5.78 Å². The number of benzene rings is 1. The van der Waals surface area contributed by atoms with Crippen molar-refractivity contribution in [3.05, 3.63) is 33.9 Å². The second-order valence-electron chi connectivity index (χ2n) is 7.09. The van der Waals surface area contributed by atoms with Crippen LogP contribution < -0.4 is 0 Å². The number of phenolic OH excluding ortho intramolecular Hbond substituents is 2. The predicted molar refractivity (Wildman–Crippen MR) is 101 cm³/mol. The van der Waals surface area contributed by atoms with Crippen LogP contribution in [0.2, 0.25) is 5.02 Å². The zero-order chi connectivity index (χ0) is 22.0. The van der Waals surface area contributed by atoms with Crippen LogP contribution in [0, 0.1) is 0 Å². The largest absolute Gasteiger partial charge is 0.507 e.